The first kappa shape index (κ1) is 18.2. The van der Waals surface area contributed by atoms with Crippen molar-refractivity contribution in [3.8, 4) is 0 Å². The summed E-state index contributed by atoms with van der Waals surface area (Å²) in [5.74, 6) is -0.374. The zero-order valence-corrected chi connectivity index (χ0v) is 15.5. The number of aromatic amines is 1. The van der Waals surface area contributed by atoms with Gasteiger partial charge >= 0.3 is 0 Å². The molecule has 24 heavy (non-hydrogen) atoms. The number of benzene rings is 1. The Morgan fingerprint density at radius 1 is 1.17 bits per heavy atom. The fraction of sp³-hybridized carbons (Fsp3) is 0.375. The van der Waals surface area contributed by atoms with Crippen LogP contribution >= 0.6 is 0 Å². The molecule has 1 aromatic heterocycles. The standard InChI is InChI=1S/C16H22N4O3S/c1-9-7-13(8-14(10(9)2)24(22,23)20(5)6)16(21)17-15-11(3)18-19-12(15)4/h7-8H,1-6H3,(H,17,21)(H,18,19). The minimum Gasteiger partial charge on any atom is -0.319 e. The van der Waals surface area contributed by atoms with E-state index < -0.39 is 10.0 Å². The Bertz CT molecular complexity index is 879. The van der Waals surface area contributed by atoms with E-state index in [1.165, 1.54) is 20.2 Å². The molecule has 0 fully saturated rings. The molecule has 2 N–H and O–H groups in total. The number of nitrogens with one attached hydrogen (secondary N) is 2. The summed E-state index contributed by atoms with van der Waals surface area (Å²) >= 11 is 0. The van der Waals surface area contributed by atoms with Crippen LogP contribution in [0.15, 0.2) is 17.0 Å². The first-order chi connectivity index (χ1) is 11.1. The molecule has 0 aliphatic carbocycles. The highest BCUT2D eigenvalue weighted by molar-refractivity contribution is 7.89. The molecule has 0 spiro atoms. The van der Waals surface area contributed by atoms with Gasteiger partial charge in [-0.15, -0.1) is 0 Å². The van der Waals surface area contributed by atoms with Gasteiger partial charge in [0, 0.05) is 19.7 Å². The van der Waals surface area contributed by atoms with E-state index in [0.717, 1.165) is 15.6 Å². The fourth-order valence-corrected chi connectivity index (χ4v) is 3.56. The Labute approximate surface area is 142 Å². The summed E-state index contributed by atoms with van der Waals surface area (Å²) in [6.45, 7) is 7.10. The maximum Gasteiger partial charge on any atom is 0.255 e. The van der Waals surface area contributed by atoms with Crippen molar-refractivity contribution in [1.82, 2.24) is 14.5 Å². The molecule has 8 heteroatoms. The van der Waals surface area contributed by atoms with Gasteiger partial charge in [-0.1, -0.05) is 0 Å². The number of H-pyrrole nitrogens is 1. The summed E-state index contributed by atoms with van der Waals surface area (Å²) in [6.07, 6.45) is 0. The van der Waals surface area contributed by atoms with Crippen LogP contribution in [0, 0.1) is 27.7 Å². The van der Waals surface area contributed by atoms with Gasteiger partial charge in [-0.05, 0) is 51.0 Å². The molecular formula is C16H22N4O3S. The van der Waals surface area contributed by atoms with Gasteiger partial charge < -0.3 is 5.32 Å². The molecule has 2 aromatic rings. The van der Waals surface area contributed by atoms with Gasteiger partial charge in [0.05, 0.1) is 22.0 Å². The molecule has 2 rings (SSSR count). The largest absolute Gasteiger partial charge is 0.319 e. The molecule has 0 aliphatic heterocycles. The van der Waals surface area contributed by atoms with Gasteiger partial charge in [0.2, 0.25) is 10.0 Å². The Morgan fingerprint density at radius 3 is 2.29 bits per heavy atom. The van der Waals surface area contributed by atoms with E-state index in [1.54, 1.807) is 33.8 Å². The van der Waals surface area contributed by atoms with Crippen LogP contribution < -0.4 is 5.32 Å². The molecule has 130 valence electrons. The monoisotopic (exact) mass is 350 g/mol. The lowest BCUT2D eigenvalue weighted by atomic mass is 10.1. The van der Waals surface area contributed by atoms with Crippen molar-refractivity contribution in [3.63, 3.8) is 0 Å². The second-order valence-electron chi connectivity index (χ2n) is 5.97. The van der Waals surface area contributed by atoms with E-state index in [-0.39, 0.29) is 10.8 Å². The first-order valence-electron chi connectivity index (χ1n) is 7.42. The summed E-state index contributed by atoms with van der Waals surface area (Å²) in [6, 6.07) is 3.10. The number of carbonyl (C=O) groups is 1. The SMILES string of the molecule is Cc1cc(C(=O)Nc2c(C)n[nH]c2C)cc(S(=O)(=O)N(C)C)c1C. The van der Waals surface area contributed by atoms with E-state index in [4.69, 9.17) is 0 Å². The zero-order valence-electron chi connectivity index (χ0n) is 14.7. The summed E-state index contributed by atoms with van der Waals surface area (Å²) in [4.78, 5) is 12.7. The van der Waals surface area contributed by atoms with Crippen molar-refractivity contribution in [2.24, 2.45) is 0 Å². The summed E-state index contributed by atoms with van der Waals surface area (Å²) in [5, 5.41) is 9.62. The van der Waals surface area contributed by atoms with Gasteiger partial charge in [-0.3, -0.25) is 9.89 Å². The smallest absolute Gasteiger partial charge is 0.255 e. The lowest BCUT2D eigenvalue weighted by Crippen LogP contribution is -2.24. The van der Waals surface area contributed by atoms with Crippen LogP contribution in [0.3, 0.4) is 0 Å². The van der Waals surface area contributed by atoms with Crippen molar-refractivity contribution >= 4 is 21.6 Å². The molecule has 0 saturated carbocycles. The number of carbonyl (C=O) groups excluding carboxylic acids is 1. The van der Waals surface area contributed by atoms with E-state index in [0.29, 0.717) is 22.5 Å². The molecule has 0 aliphatic rings. The lowest BCUT2D eigenvalue weighted by Gasteiger charge is -2.16. The Kier molecular flexibility index (Phi) is 4.82. The van der Waals surface area contributed by atoms with Crippen LogP contribution in [0.25, 0.3) is 0 Å². The number of nitrogens with zero attached hydrogens (tertiary/aromatic N) is 2. The third-order valence-electron chi connectivity index (χ3n) is 4.01. The maximum atomic E-state index is 12.6. The van der Waals surface area contributed by atoms with Gasteiger partial charge in [0.1, 0.15) is 0 Å². The second kappa shape index (κ2) is 6.37. The summed E-state index contributed by atoms with van der Waals surface area (Å²) in [7, 11) is -0.695. The van der Waals surface area contributed by atoms with Crippen molar-refractivity contribution in [2.45, 2.75) is 32.6 Å². The maximum absolute atomic E-state index is 12.6. The summed E-state index contributed by atoms with van der Waals surface area (Å²) in [5.41, 5.74) is 3.69. The van der Waals surface area contributed by atoms with Gasteiger partial charge in [0.25, 0.3) is 5.91 Å². The number of amides is 1. The highest BCUT2D eigenvalue weighted by Gasteiger charge is 2.23. The molecule has 0 saturated heterocycles. The van der Waals surface area contributed by atoms with Crippen LogP contribution in [-0.2, 0) is 10.0 Å². The van der Waals surface area contributed by atoms with E-state index >= 15 is 0 Å². The number of hydrogen-bond acceptors (Lipinski definition) is 4. The molecular weight excluding hydrogens is 328 g/mol. The van der Waals surface area contributed by atoms with Gasteiger partial charge in [-0.2, -0.15) is 5.10 Å². The number of aromatic nitrogens is 2. The van der Waals surface area contributed by atoms with E-state index in [1.807, 2.05) is 0 Å². The molecule has 7 nitrogen and oxygen atoms in total. The van der Waals surface area contributed by atoms with Gasteiger partial charge in [0.15, 0.2) is 0 Å². The molecule has 0 atom stereocenters. The van der Waals surface area contributed by atoms with E-state index in [9.17, 15) is 13.2 Å². The lowest BCUT2D eigenvalue weighted by molar-refractivity contribution is 0.102. The Balaban J connectivity index is 2.49. The molecule has 1 aromatic carbocycles. The number of hydrogen-bond donors (Lipinski definition) is 2. The quantitative estimate of drug-likeness (QED) is 0.883. The molecule has 1 amide bonds. The third kappa shape index (κ3) is 3.20. The van der Waals surface area contributed by atoms with Crippen molar-refractivity contribution in [1.29, 1.82) is 0 Å². The van der Waals surface area contributed by atoms with Crippen molar-refractivity contribution < 1.29 is 13.2 Å². The van der Waals surface area contributed by atoms with Crippen molar-refractivity contribution in [3.05, 3.63) is 40.2 Å². The topological polar surface area (TPSA) is 95.2 Å². The average molecular weight is 350 g/mol. The predicted octanol–water partition coefficient (Wildman–Crippen LogP) is 2.15. The second-order valence-corrected chi connectivity index (χ2v) is 8.09. The zero-order chi connectivity index (χ0) is 18.2. The molecule has 1 heterocycles. The minimum absolute atomic E-state index is 0.137. The van der Waals surface area contributed by atoms with Crippen LogP contribution in [0.2, 0.25) is 0 Å². The normalized spacial score (nSPS) is 11.8. The Morgan fingerprint density at radius 2 is 1.79 bits per heavy atom. The highest BCUT2D eigenvalue weighted by Crippen LogP contribution is 2.24. The van der Waals surface area contributed by atoms with E-state index in [2.05, 4.69) is 15.5 Å². The van der Waals surface area contributed by atoms with Crippen LogP contribution in [0.4, 0.5) is 5.69 Å². The molecule has 0 radical (unpaired) electrons. The van der Waals surface area contributed by atoms with Crippen LogP contribution in [-0.4, -0.2) is 42.9 Å². The number of anilines is 1. The first-order valence-corrected chi connectivity index (χ1v) is 8.86. The average Bonchev–Trinajstić information content (AvgIpc) is 2.81. The Hall–Kier alpha value is -2.19. The number of sulfonamides is 1. The number of aryl methyl sites for hydroxylation is 3. The van der Waals surface area contributed by atoms with Crippen molar-refractivity contribution in [2.75, 3.05) is 19.4 Å². The van der Waals surface area contributed by atoms with Gasteiger partial charge in [-0.25, -0.2) is 12.7 Å². The summed E-state index contributed by atoms with van der Waals surface area (Å²) < 4.78 is 26.1. The molecule has 0 unspecified atom stereocenters. The van der Waals surface area contributed by atoms with Crippen LogP contribution in [0.5, 0.6) is 0 Å². The molecule has 0 bridgehead atoms. The third-order valence-corrected chi connectivity index (χ3v) is 5.95. The fourth-order valence-electron chi connectivity index (χ4n) is 2.34. The predicted molar refractivity (Wildman–Crippen MR) is 92.8 cm³/mol. The minimum atomic E-state index is -3.63. The highest BCUT2D eigenvalue weighted by atomic mass is 32.2. The number of rotatable bonds is 4. The van der Waals surface area contributed by atoms with Crippen LogP contribution in [0.1, 0.15) is 32.9 Å².